The predicted octanol–water partition coefficient (Wildman–Crippen LogP) is 1.33. The third kappa shape index (κ3) is 1.76. The monoisotopic (exact) mass is 217 g/mol. The number of nitrogens with zero attached hydrogens (tertiary/aromatic N) is 4. The number of hydrogen-bond donors (Lipinski definition) is 1. The predicted molar refractivity (Wildman–Crippen MR) is 62.8 cm³/mol. The molecule has 0 spiro atoms. The quantitative estimate of drug-likeness (QED) is 0.823. The molecule has 0 unspecified atom stereocenters. The van der Waals surface area contributed by atoms with Gasteiger partial charge in [0.1, 0.15) is 11.5 Å². The van der Waals surface area contributed by atoms with Crippen LogP contribution in [0.15, 0.2) is 12.3 Å². The largest absolute Gasteiger partial charge is 0.383 e. The first-order valence-electron chi connectivity index (χ1n) is 5.24. The van der Waals surface area contributed by atoms with Crippen molar-refractivity contribution in [3.8, 4) is 11.5 Å². The maximum atomic E-state index is 5.86. The van der Waals surface area contributed by atoms with Crippen molar-refractivity contribution >= 4 is 5.82 Å². The minimum absolute atomic E-state index is 0.535. The number of nitrogen functional groups attached to an aromatic ring is 1. The molecule has 0 amide bonds. The van der Waals surface area contributed by atoms with Gasteiger partial charge in [-0.15, -0.1) is 0 Å². The molecule has 2 N–H and O–H groups in total. The highest BCUT2D eigenvalue weighted by Gasteiger charge is 2.10. The third-order valence-corrected chi connectivity index (χ3v) is 2.56. The fourth-order valence-electron chi connectivity index (χ4n) is 1.58. The zero-order chi connectivity index (χ0) is 11.7. The molecule has 5 heteroatoms. The normalized spacial score (nSPS) is 10.7. The van der Waals surface area contributed by atoms with E-state index in [4.69, 9.17) is 5.73 Å². The molecule has 2 rings (SSSR count). The highest BCUT2D eigenvalue weighted by molar-refractivity contribution is 5.54. The molecule has 0 aromatic carbocycles. The van der Waals surface area contributed by atoms with Crippen molar-refractivity contribution in [2.24, 2.45) is 7.05 Å². The Labute approximate surface area is 94.3 Å². The van der Waals surface area contributed by atoms with E-state index < -0.39 is 0 Å². The van der Waals surface area contributed by atoms with Gasteiger partial charge in [-0.3, -0.25) is 4.68 Å². The second-order valence-corrected chi connectivity index (χ2v) is 3.73. The lowest BCUT2D eigenvalue weighted by molar-refractivity contribution is 0.768. The molecule has 5 nitrogen and oxygen atoms in total. The van der Waals surface area contributed by atoms with Crippen LogP contribution in [0.5, 0.6) is 0 Å². The summed E-state index contributed by atoms with van der Waals surface area (Å²) < 4.78 is 1.72. The van der Waals surface area contributed by atoms with Gasteiger partial charge in [0.15, 0.2) is 5.82 Å². The van der Waals surface area contributed by atoms with Crippen molar-refractivity contribution in [1.82, 2.24) is 19.7 Å². The Morgan fingerprint density at radius 3 is 2.69 bits per heavy atom. The van der Waals surface area contributed by atoms with Gasteiger partial charge in [-0.05, 0) is 19.4 Å². The molecule has 2 aromatic heterocycles. The van der Waals surface area contributed by atoms with Crippen LogP contribution < -0.4 is 5.73 Å². The Morgan fingerprint density at radius 1 is 1.38 bits per heavy atom. The van der Waals surface area contributed by atoms with E-state index in [1.54, 1.807) is 4.68 Å². The Kier molecular flexibility index (Phi) is 2.60. The smallest absolute Gasteiger partial charge is 0.182 e. The van der Waals surface area contributed by atoms with Crippen LogP contribution in [0.25, 0.3) is 11.5 Å². The number of nitrogens with two attached hydrogens (primary N) is 1. The van der Waals surface area contributed by atoms with Gasteiger partial charge in [-0.25, -0.2) is 9.97 Å². The van der Waals surface area contributed by atoms with Gasteiger partial charge in [0.05, 0.1) is 0 Å². The molecular formula is C11H15N5. The molecule has 0 fully saturated rings. The molecule has 2 aromatic rings. The minimum atomic E-state index is 0.535. The second kappa shape index (κ2) is 3.92. The summed E-state index contributed by atoms with van der Waals surface area (Å²) >= 11 is 0. The first-order chi connectivity index (χ1) is 7.61. The average Bonchev–Trinajstić information content (AvgIpc) is 2.69. The lowest BCUT2D eigenvalue weighted by atomic mass is 10.2. The first-order valence-corrected chi connectivity index (χ1v) is 5.24. The van der Waals surface area contributed by atoms with Crippen LogP contribution in [-0.2, 0) is 13.5 Å². The molecule has 16 heavy (non-hydrogen) atoms. The van der Waals surface area contributed by atoms with Gasteiger partial charge < -0.3 is 5.73 Å². The van der Waals surface area contributed by atoms with Crippen molar-refractivity contribution in [1.29, 1.82) is 0 Å². The fraction of sp³-hybridized carbons (Fsp3) is 0.364. The standard InChI is InChI=1S/C11H15N5/c1-4-8-7(2)10(12)14-11(13-8)9-5-6-16(3)15-9/h5-6H,4H2,1-3H3,(H2,12,13,14). The van der Waals surface area contributed by atoms with Crippen molar-refractivity contribution in [3.63, 3.8) is 0 Å². The lowest BCUT2D eigenvalue weighted by Crippen LogP contribution is -2.04. The molecule has 84 valence electrons. The van der Waals surface area contributed by atoms with Crippen LogP contribution in [0.2, 0.25) is 0 Å². The van der Waals surface area contributed by atoms with E-state index in [0.717, 1.165) is 23.4 Å². The number of rotatable bonds is 2. The van der Waals surface area contributed by atoms with Gasteiger partial charge in [-0.1, -0.05) is 6.92 Å². The molecule has 0 aliphatic heterocycles. The lowest BCUT2D eigenvalue weighted by Gasteiger charge is -2.06. The van der Waals surface area contributed by atoms with Gasteiger partial charge >= 0.3 is 0 Å². The van der Waals surface area contributed by atoms with Crippen LogP contribution in [0.4, 0.5) is 5.82 Å². The van der Waals surface area contributed by atoms with Crippen LogP contribution in [0, 0.1) is 6.92 Å². The Balaban J connectivity index is 2.54. The Hall–Kier alpha value is -1.91. The number of hydrogen-bond acceptors (Lipinski definition) is 4. The number of aromatic nitrogens is 4. The zero-order valence-corrected chi connectivity index (χ0v) is 9.73. The van der Waals surface area contributed by atoms with Crippen molar-refractivity contribution in [3.05, 3.63) is 23.5 Å². The summed E-state index contributed by atoms with van der Waals surface area (Å²) in [5.41, 5.74) is 8.55. The van der Waals surface area contributed by atoms with Crippen molar-refractivity contribution in [2.45, 2.75) is 20.3 Å². The maximum Gasteiger partial charge on any atom is 0.182 e. The fourth-order valence-corrected chi connectivity index (χ4v) is 1.58. The van der Waals surface area contributed by atoms with E-state index in [1.807, 2.05) is 26.2 Å². The van der Waals surface area contributed by atoms with E-state index in [0.29, 0.717) is 11.6 Å². The first kappa shape index (κ1) is 10.6. The highest BCUT2D eigenvalue weighted by Crippen LogP contribution is 2.18. The molecule has 0 atom stereocenters. The summed E-state index contributed by atoms with van der Waals surface area (Å²) in [6.07, 6.45) is 2.71. The minimum Gasteiger partial charge on any atom is -0.383 e. The topological polar surface area (TPSA) is 69.6 Å². The van der Waals surface area contributed by atoms with E-state index in [9.17, 15) is 0 Å². The molecular weight excluding hydrogens is 202 g/mol. The third-order valence-electron chi connectivity index (χ3n) is 2.56. The van der Waals surface area contributed by atoms with Gasteiger partial charge in [-0.2, -0.15) is 5.10 Å². The summed E-state index contributed by atoms with van der Waals surface area (Å²) in [6.45, 7) is 3.99. The van der Waals surface area contributed by atoms with Crippen LogP contribution >= 0.6 is 0 Å². The Morgan fingerprint density at radius 2 is 2.12 bits per heavy atom. The van der Waals surface area contributed by atoms with E-state index in [1.165, 1.54) is 0 Å². The maximum absolute atomic E-state index is 5.86. The molecule has 2 heterocycles. The summed E-state index contributed by atoms with van der Waals surface area (Å²) in [7, 11) is 1.86. The van der Waals surface area contributed by atoms with Gasteiger partial charge in [0.25, 0.3) is 0 Å². The molecule has 0 radical (unpaired) electrons. The second-order valence-electron chi connectivity index (χ2n) is 3.73. The van der Waals surface area contributed by atoms with Gasteiger partial charge in [0.2, 0.25) is 0 Å². The number of aryl methyl sites for hydroxylation is 2. The molecule has 0 bridgehead atoms. The van der Waals surface area contributed by atoms with Crippen molar-refractivity contribution < 1.29 is 0 Å². The van der Waals surface area contributed by atoms with Crippen LogP contribution in [-0.4, -0.2) is 19.7 Å². The molecule has 0 saturated heterocycles. The van der Waals surface area contributed by atoms with E-state index in [2.05, 4.69) is 22.0 Å². The summed E-state index contributed by atoms with van der Waals surface area (Å²) in [5.74, 6) is 1.13. The summed E-state index contributed by atoms with van der Waals surface area (Å²) in [4.78, 5) is 8.72. The Bertz CT molecular complexity index is 515. The van der Waals surface area contributed by atoms with E-state index >= 15 is 0 Å². The van der Waals surface area contributed by atoms with Crippen LogP contribution in [0.3, 0.4) is 0 Å². The SMILES string of the molecule is CCc1nc(-c2ccn(C)n2)nc(N)c1C. The van der Waals surface area contributed by atoms with Crippen LogP contribution in [0.1, 0.15) is 18.2 Å². The van der Waals surface area contributed by atoms with E-state index in [-0.39, 0.29) is 0 Å². The summed E-state index contributed by atoms with van der Waals surface area (Å²) in [5, 5.41) is 4.26. The van der Waals surface area contributed by atoms with Gasteiger partial charge in [0, 0.05) is 24.5 Å². The average molecular weight is 217 g/mol. The summed E-state index contributed by atoms with van der Waals surface area (Å²) in [6, 6.07) is 1.88. The molecule has 0 aliphatic carbocycles. The number of anilines is 1. The molecule has 0 saturated carbocycles. The zero-order valence-electron chi connectivity index (χ0n) is 9.73. The highest BCUT2D eigenvalue weighted by atomic mass is 15.3. The van der Waals surface area contributed by atoms with Crippen molar-refractivity contribution in [2.75, 3.05) is 5.73 Å². The molecule has 0 aliphatic rings.